The highest BCUT2D eigenvalue weighted by Crippen LogP contribution is 2.07. The number of hydrogen-bond acceptors (Lipinski definition) is 2. The third kappa shape index (κ3) is 4.47. The van der Waals surface area contributed by atoms with E-state index in [1.54, 1.807) is 11.3 Å². The number of nitrogens with one attached hydrogen (secondary N) is 2. The fourth-order valence-corrected chi connectivity index (χ4v) is 2.48. The van der Waals surface area contributed by atoms with Crippen molar-refractivity contribution < 1.29 is 0 Å². The Morgan fingerprint density at radius 3 is 2.61 bits per heavy atom. The fourth-order valence-electron chi connectivity index (χ4n) is 1.59. The minimum absolute atomic E-state index is 0.718. The van der Waals surface area contributed by atoms with Crippen molar-refractivity contribution in [3.8, 4) is 0 Å². The molecule has 18 heavy (non-hydrogen) atoms. The molecule has 0 radical (unpaired) electrons. The van der Waals surface area contributed by atoms with Crippen molar-refractivity contribution >= 4 is 28.7 Å². The van der Waals surface area contributed by atoms with Gasteiger partial charge >= 0.3 is 0 Å². The summed E-state index contributed by atoms with van der Waals surface area (Å²) < 4.78 is 0. The molecule has 2 N–H and O–H groups in total. The molecule has 0 saturated heterocycles. The average Bonchev–Trinajstić information content (AvgIpc) is 2.91. The number of thiophene rings is 1. The lowest BCUT2D eigenvalue weighted by atomic mass is 10.2. The van der Waals surface area contributed by atoms with Crippen molar-refractivity contribution in [3.05, 3.63) is 58.3 Å². The normalized spacial score (nSPS) is 10.0. The van der Waals surface area contributed by atoms with Gasteiger partial charge in [-0.2, -0.15) is 0 Å². The Hall–Kier alpha value is -1.39. The van der Waals surface area contributed by atoms with Crippen molar-refractivity contribution in [3.63, 3.8) is 0 Å². The Labute approximate surface area is 117 Å². The topological polar surface area (TPSA) is 24.1 Å². The van der Waals surface area contributed by atoms with Gasteiger partial charge in [0.1, 0.15) is 0 Å². The summed E-state index contributed by atoms with van der Waals surface area (Å²) in [7, 11) is 0. The van der Waals surface area contributed by atoms with Crippen molar-refractivity contribution in [1.82, 2.24) is 10.6 Å². The number of hydrogen-bond donors (Lipinski definition) is 2. The molecule has 94 valence electrons. The maximum absolute atomic E-state index is 5.23. The average molecular weight is 276 g/mol. The molecule has 0 atom stereocenters. The molecular formula is C14H16N2S2. The van der Waals surface area contributed by atoms with Gasteiger partial charge in [0, 0.05) is 18.0 Å². The molecular weight excluding hydrogens is 260 g/mol. The van der Waals surface area contributed by atoms with E-state index in [9.17, 15) is 0 Å². The second-order valence-electron chi connectivity index (χ2n) is 3.92. The van der Waals surface area contributed by atoms with Crippen molar-refractivity contribution in [2.24, 2.45) is 0 Å². The summed E-state index contributed by atoms with van der Waals surface area (Å²) >= 11 is 7.01. The predicted molar refractivity (Wildman–Crippen MR) is 81.9 cm³/mol. The molecule has 0 fully saturated rings. The van der Waals surface area contributed by atoms with Crippen LogP contribution in [0.4, 0.5) is 0 Å². The molecule has 0 bridgehead atoms. The molecule has 0 aliphatic carbocycles. The van der Waals surface area contributed by atoms with E-state index in [1.165, 1.54) is 10.4 Å². The number of rotatable bonds is 5. The first-order valence-corrected chi connectivity index (χ1v) is 7.21. The van der Waals surface area contributed by atoms with Gasteiger partial charge < -0.3 is 10.6 Å². The smallest absolute Gasteiger partial charge is 0.166 e. The van der Waals surface area contributed by atoms with Gasteiger partial charge in [0.05, 0.1) is 0 Å². The van der Waals surface area contributed by atoms with Crippen molar-refractivity contribution in [1.29, 1.82) is 0 Å². The van der Waals surface area contributed by atoms with Crippen LogP contribution in [-0.2, 0) is 13.0 Å². The summed E-state index contributed by atoms with van der Waals surface area (Å²) in [5.41, 5.74) is 1.24. The minimum Gasteiger partial charge on any atom is -0.362 e. The van der Waals surface area contributed by atoms with Crippen LogP contribution >= 0.6 is 23.6 Å². The molecule has 1 aromatic heterocycles. The summed E-state index contributed by atoms with van der Waals surface area (Å²) in [4.78, 5) is 1.38. The van der Waals surface area contributed by atoms with Gasteiger partial charge in [-0.3, -0.25) is 0 Å². The quantitative estimate of drug-likeness (QED) is 0.821. The van der Waals surface area contributed by atoms with Crippen LogP contribution in [0.5, 0.6) is 0 Å². The van der Waals surface area contributed by atoms with Gasteiger partial charge in [-0.15, -0.1) is 11.3 Å². The van der Waals surface area contributed by atoms with E-state index in [1.807, 2.05) is 18.2 Å². The van der Waals surface area contributed by atoms with E-state index in [4.69, 9.17) is 12.2 Å². The molecule has 0 aliphatic heterocycles. The van der Waals surface area contributed by atoms with Gasteiger partial charge in [0.25, 0.3) is 0 Å². The summed E-state index contributed by atoms with van der Waals surface area (Å²) in [6, 6.07) is 14.5. The van der Waals surface area contributed by atoms with E-state index >= 15 is 0 Å². The summed E-state index contributed by atoms with van der Waals surface area (Å²) in [5.74, 6) is 0. The zero-order valence-corrected chi connectivity index (χ0v) is 11.7. The van der Waals surface area contributed by atoms with E-state index < -0.39 is 0 Å². The Kier molecular flexibility index (Phi) is 5.17. The Balaban J connectivity index is 1.63. The number of benzene rings is 1. The third-order valence-corrected chi connectivity index (χ3v) is 3.76. The van der Waals surface area contributed by atoms with E-state index in [2.05, 4.69) is 40.3 Å². The van der Waals surface area contributed by atoms with Crippen LogP contribution in [0, 0.1) is 0 Å². The standard InChI is InChI=1S/C14H16N2S2/c17-14(15-9-8-13-7-4-10-18-13)16-11-12-5-2-1-3-6-12/h1-7,10H,8-9,11H2,(H2,15,16,17). The largest absolute Gasteiger partial charge is 0.362 e. The lowest BCUT2D eigenvalue weighted by molar-refractivity contribution is 0.820. The fraction of sp³-hybridized carbons (Fsp3) is 0.214. The summed E-state index contributed by atoms with van der Waals surface area (Å²) in [5, 5.41) is 9.24. The molecule has 0 spiro atoms. The van der Waals surface area contributed by atoms with Crippen LogP contribution in [0.2, 0.25) is 0 Å². The zero-order valence-electron chi connectivity index (χ0n) is 10.1. The minimum atomic E-state index is 0.718. The van der Waals surface area contributed by atoms with Crippen LogP contribution in [-0.4, -0.2) is 11.7 Å². The Morgan fingerprint density at radius 1 is 1.06 bits per heavy atom. The lowest BCUT2D eigenvalue weighted by Gasteiger charge is -2.09. The van der Waals surface area contributed by atoms with E-state index in [-0.39, 0.29) is 0 Å². The molecule has 0 aliphatic rings. The van der Waals surface area contributed by atoms with E-state index in [0.717, 1.165) is 24.6 Å². The van der Waals surface area contributed by atoms with Gasteiger partial charge in [-0.25, -0.2) is 0 Å². The van der Waals surface area contributed by atoms with Crippen LogP contribution in [0.15, 0.2) is 47.8 Å². The Bertz CT molecular complexity index is 466. The first-order chi connectivity index (χ1) is 8.84. The second-order valence-corrected chi connectivity index (χ2v) is 5.36. The first-order valence-electron chi connectivity index (χ1n) is 5.92. The zero-order chi connectivity index (χ0) is 12.6. The molecule has 1 aromatic carbocycles. The van der Waals surface area contributed by atoms with Crippen molar-refractivity contribution in [2.75, 3.05) is 6.54 Å². The Morgan fingerprint density at radius 2 is 1.89 bits per heavy atom. The van der Waals surface area contributed by atoms with Crippen LogP contribution in [0.3, 0.4) is 0 Å². The van der Waals surface area contributed by atoms with Gasteiger partial charge in [-0.05, 0) is 35.6 Å². The molecule has 0 unspecified atom stereocenters. The van der Waals surface area contributed by atoms with Crippen molar-refractivity contribution in [2.45, 2.75) is 13.0 Å². The monoisotopic (exact) mass is 276 g/mol. The van der Waals surface area contributed by atoms with Crippen LogP contribution in [0.25, 0.3) is 0 Å². The molecule has 0 amide bonds. The SMILES string of the molecule is S=C(NCCc1cccs1)NCc1ccccc1. The molecule has 0 saturated carbocycles. The van der Waals surface area contributed by atoms with Crippen LogP contribution in [0.1, 0.15) is 10.4 Å². The highest BCUT2D eigenvalue weighted by Gasteiger charge is 1.97. The van der Waals surface area contributed by atoms with E-state index in [0.29, 0.717) is 0 Å². The maximum atomic E-state index is 5.23. The third-order valence-electron chi connectivity index (χ3n) is 2.53. The number of thiocarbonyl (C=S) groups is 1. The maximum Gasteiger partial charge on any atom is 0.166 e. The molecule has 2 aromatic rings. The second kappa shape index (κ2) is 7.13. The molecule has 1 heterocycles. The highest BCUT2D eigenvalue weighted by atomic mass is 32.1. The van der Waals surface area contributed by atoms with Crippen LogP contribution < -0.4 is 10.6 Å². The summed E-state index contributed by atoms with van der Waals surface area (Å²) in [6.45, 7) is 1.65. The lowest BCUT2D eigenvalue weighted by Crippen LogP contribution is -2.35. The summed E-state index contributed by atoms with van der Waals surface area (Å²) in [6.07, 6.45) is 1.02. The van der Waals surface area contributed by atoms with Gasteiger partial charge in [0.15, 0.2) is 5.11 Å². The highest BCUT2D eigenvalue weighted by molar-refractivity contribution is 7.80. The predicted octanol–water partition coefficient (Wildman–Crippen LogP) is 2.95. The first kappa shape index (κ1) is 13.1. The molecule has 4 heteroatoms. The van der Waals surface area contributed by atoms with Gasteiger partial charge in [-0.1, -0.05) is 36.4 Å². The molecule has 2 rings (SSSR count). The van der Waals surface area contributed by atoms with Gasteiger partial charge in [0.2, 0.25) is 0 Å². The molecule has 2 nitrogen and oxygen atoms in total.